The number of carbonyl (C=O) groups is 1. The predicted molar refractivity (Wildman–Crippen MR) is 163 cm³/mol. The number of amides is 1. The highest BCUT2D eigenvalue weighted by Gasteiger charge is 2.20. The van der Waals surface area contributed by atoms with Crippen molar-refractivity contribution in [1.82, 2.24) is 14.7 Å². The number of nitrogens with one attached hydrogen (secondary N) is 1. The first-order valence-corrected chi connectivity index (χ1v) is 13.8. The molecule has 1 saturated heterocycles. The van der Waals surface area contributed by atoms with E-state index in [1.54, 1.807) is 41.3 Å². The Bertz CT molecular complexity index is 1380. The van der Waals surface area contributed by atoms with Gasteiger partial charge in [-0.05, 0) is 62.7 Å². The Labute approximate surface area is 245 Å². The number of rotatable bonds is 9. The molecule has 1 amide bonds. The molecule has 5 N–H and O–H groups in total. The van der Waals surface area contributed by atoms with Crippen LogP contribution in [-0.2, 0) is 7.05 Å². The standard InChI is InChI=1S/C29H38F2N8O.CH3F/c1-5-8-37-9-11-38(12-10-37)24-14-22(28(30)31)13-23(16-24)35-29(40)21-7-6-19(2)27(15-21)39(33)18-26(32)25-17-34-36(4)20(25)3;1-2/h6-7,13-18,28H,5,8-12,32-33H2,1-4H3,(H,35,40);1H3/b26-18-;. The number of nitrogens with zero attached hydrogens (tertiary/aromatic N) is 5. The number of hydrogen-bond donors (Lipinski definition) is 3. The van der Waals surface area contributed by atoms with Gasteiger partial charge in [-0.2, -0.15) is 5.10 Å². The highest BCUT2D eigenvalue weighted by Crippen LogP contribution is 2.30. The van der Waals surface area contributed by atoms with Crippen molar-refractivity contribution in [3.05, 3.63) is 76.7 Å². The largest absolute Gasteiger partial charge is 0.397 e. The van der Waals surface area contributed by atoms with Crippen LogP contribution in [0.25, 0.3) is 5.70 Å². The van der Waals surface area contributed by atoms with Gasteiger partial charge in [0.25, 0.3) is 12.3 Å². The molecule has 3 aromatic rings. The smallest absolute Gasteiger partial charge is 0.263 e. The molecule has 0 bridgehead atoms. The summed E-state index contributed by atoms with van der Waals surface area (Å²) in [6.45, 7) is 10.2. The SMILES string of the molecule is CCCN1CCN(c2cc(NC(=O)c3ccc(C)c(N(N)/C=C(\N)c4cnn(C)c4C)c3)cc(C(F)F)c2)CC1.CF. The van der Waals surface area contributed by atoms with Gasteiger partial charge in [-0.25, -0.2) is 14.6 Å². The summed E-state index contributed by atoms with van der Waals surface area (Å²) < 4.78 is 38.8. The van der Waals surface area contributed by atoms with Gasteiger partial charge in [-0.15, -0.1) is 0 Å². The Kier molecular flexibility index (Phi) is 11.4. The number of aromatic nitrogens is 2. The quantitative estimate of drug-likeness (QED) is 0.240. The summed E-state index contributed by atoms with van der Waals surface area (Å²) in [6.07, 6.45) is 1.66. The number of benzene rings is 2. The van der Waals surface area contributed by atoms with E-state index in [0.29, 0.717) is 35.5 Å². The van der Waals surface area contributed by atoms with Gasteiger partial charge in [-0.3, -0.25) is 23.8 Å². The van der Waals surface area contributed by atoms with Crippen molar-refractivity contribution < 1.29 is 18.0 Å². The van der Waals surface area contributed by atoms with Crippen LogP contribution in [0.5, 0.6) is 0 Å². The number of halogens is 3. The van der Waals surface area contributed by atoms with Crippen molar-refractivity contribution in [3.63, 3.8) is 0 Å². The minimum atomic E-state index is -2.66. The highest BCUT2D eigenvalue weighted by atomic mass is 19.3. The molecule has 4 rings (SSSR count). The predicted octanol–water partition coefficient (Wildman–Crippen LogP) is 4.98. The lowest BCUT2D eigenvalue weighted by Crippen LogP contribution is -2.46. The maximum atomic E-state index is 13.8. The third-order valence-corrected chi connectivity index (χ3v) is 7.30. The Morgan fingerprint density at radius 3 is 2.40 bits per heavy atom. The first-order valence-electron chi connectivity index (χ1n) is 13.8. The van der Waals surface area contributed by atoms with Crippen LogP contribution in [0.3, 0.4) is 0 Å². The number of nitrogens with two attached hydrogens (primary N) is 2. The summed E-state index contributed by atoms with van der Waals surface area (Å²) in [4.78, 5) is 17.7. The first kappa shape index (κ1) is 32.5. The number of hydrogen-bond acceptors (Lipinski definition) is 7. The molecular formula is C30H41F3N8O. The fourth-order valence-electron chi connectivity index (χ4n) is 4.86. The zero-order valence-electron chi connectivity index (χ0n) is 24.9. The number of aryl methyl sites for hydroxylation is 2. The minimum absolute atomic E-state index is 0.132. The molecule has 42 heavy (non-hydrogen) atoms. The second-order valence-corrected chi connectivity index (χ2v) is 10.2. The van der Waals surface area contributed by atoms with Gasteiger partial charge < -0.3 is 16.0 Å². The fraction of sp³-hybridized carbons (Fsp3) is 0.400. The molecule has 2 aromatic carbocycles. The van der Waals surface area contributed by atoms with E-state index in [1.807, 2.05) is 20.9 Å². The van der Waals surface area contributed by atoms with Gasteiger partial charge in [0.05, 0.1) is 24.8 Å². The molecule has 1 fully saturated rings. The van der Waals surface area contributed by atoms with Gasteiger partial charge in [0.15, 0.2) is 0 Å². The normalized spacial score (nSPS) is 14.0. The molecule has 228 valence electrons. The molecule has 0 spiro atoms. The number of anilines is 3. The monoisotopic (exact) mass is 586 g/mol. The molecule has 0 aliphatic carbocycles. The molecule has 2 heterocycles. The molecule has 0 unspecified atom stereocenters. The maximum Gasteiger partial charge on any atom is 0.263 e. The van der Waals surface area contributed by atoms with E-state index in [1.165, 1.54) is 17.1 Å². The summed E-state index contributed by atoms with van der Waals surface area (Å²) >= 11 is 0. The van der Waals surface area contributed by atoms with E-state index in [9.17, 15) is 18.0 Å². The molecule has 0 saturated carbocycles. The molecule has 1 aromatic heterocycles. The summed E-state index contributed by atoms with van der Waals surface area (Å²) in [5.41, 5.74) is 10.9. The van der Waals surface area contributed by atoms with Crippen LogP contribution in [0.1, 0.15) is 52.5 Å². The maximum absolute atomic E-state index is 13.8. The number of carbonyl (C=O) groups excluding carboxylic acids is 1. The molecule has 1 aliphatic heterocycles. The average molecular weight is 587 g/mol. The lowest BCUT2D eigenvalue weighted by atomic mass is 10.1. The number of alkyl halides is 3. The van der Waals surface area contributed by atoms with Crippen molar-refractivity contribution in [3.8, 4) is 0 Å². The Morgan fingerprint density at radius 1 is 1.12 bits per heavy atom. The Morgan fingerprint density at radius 2 is 1.81 bits per heavy atom. The van der Waals surface area contributed by atoms with Crippen LogP contribution >= 0.6 is 0 Å². The summed E-state index contributed by atoms with van der Waals surface area (Å²) in [7, 11) is 2.33. The van der Waals surface area contributed by atoms with Crippen LogP contribution in [0.4, 0.5) is 30.2 Å². The van der Waals surface area contributed by atoms with Crippen molar-refractivity contribution in [2.24, 2.45) is 18.6 Å². The van der Waals surface area contributed by atoms with E-state index in [4.69, 9.17) is 11.6 Å². The zero-order valence-corrected chi connectivity index (χ0v) is 24.9. The fourth-order valence-corrected chi connectivity index (χ4v) is 4.86. The number of piperazine rings is 1. The third-order valence-electron chi connectivity index (χ3n) is 7.30. The van der Waals surface area contributed by atoms with Crippen LogP contribution < -0.4 is 26.8 Å². The van der Waals surface area contributed by atoms with Crippen LogP contribution in [0.15, 0.2) is 48.8 Å². The van der Waals surface area contributed by atoms with Crippen molar-refractivity contribution in [2.45, 2.75) is 33.6 Å². The summed E-state index contributed by atoms with van der Waals surface area (Å²) in [5.74, 6) is 5.89. The summed E-state index contributed by atoms with van der Waals surface area (Å²) in [5, 5.41) is 8.37. The highest BCUT2D eigenvalue weighted by molar-refractivity contribution is 6.05. The van der Waals surface area contributed by atoms with Crippen LogP contribution in [-0.4, -0.2) is 60.5 Å². The van der Waals surface area contributed by atoms with Crippen molar-refractivity contribution >= 4 is 28.7 Å². The molecule has 9 nitrogen and oxygen atoms in total. The average Bonchev–Trinajstić information content (AvgIpc) is 3.32. The van der Waals surface area contributed by atoms with Crippen LogP contribution in [0.2, 0.25) is 0 Å². The topological polar surface area (TPSA) is 109 Å². The van der Waals surface area contributed by atoms with E-state index in [0.717, 1.165) is 56.0 Å². The van der Waals surface area contributed by atoms with Crippen molar-refractivity contribution in [1.29, 1.82) is 0 Å². The Balaban J connectivity index is 0.00000237. The van der Waals surface area contributed by atoms with E-state index in [-0.39, 0.29) is 5.56 Å². The van der Waals surface area contributed by atoms with E-state index >= 15 is 0 Å². The number of hydrazine groups is 1. The van der Waals surface area contributed by atoms with Gasteiger partial charge in [0.1, 0.15) is 0 Å². The second kappa shape index (κ2) is 14.7. The lowest BCUT2D eigenvalue weighted by Gasteiger charge is -2.36. The molecule has 12 heteroatoms. The Hall–Kier alpha value is -4.03. The zero-order chi connectivity index (χ0) is 31.0. The summed E-state index contributed by atoms with van der Waals surface area (Å²) in [6, 6.07) is 9.68. The molecular weight excluding hydrogens is 545 g/mol. The second-order valence-electron chi connectivity index (χ2n) is 10.2. The van der Waals surface area contributed by atoms with E-state index in [2.05, 4.69) is 27.1 Å². The minimum Gasteiger partial charge on any atom is -0.397 e. The molecule has 1 aliphatic rings. The van der Waals surface area contributed by atoms with Gasteiger partial charge in [-0.1, -0.05) is 13.0 Å². The first-order chi connectivity index (χ1) is 20.1. The van der Waals surface area contributed by atoms with Gasteiger partial charge in [0.2, 0.25) is 0 Å². The van der Waals surface area contributed by atoms with E-state index < -0.39 is 12.3 Å². The lowest BCUT2D eigenvalue weighted by molar-refractivity contribution is 0.102. The molecule has 0 atom stereocenters. The van der Waals surface area contributed by atoms with Gasteiger partial charge in [0, 0.05) is 73.2 Å². The van der Waals surface area contributed by atoms with Crippen molar-refractivity contribution in [2.75, 3.05) is 55.1 Å². The molecule has 0 radical (unpaired) electrons. The van der Waals surface area contributed by atoms with Gasteiger partial charge >= 0.3 is 0 Å². The van der Waals surface area contributed by atoms with Crippen LogP contribution in [0, 0.1) is 13.8 Å². The third kappa shape index (κ3) is 7.83.